The summed E-state index contributed by atoms with van der Waals surface area (Å²) < 4.78 is 11.5. The van der Waals surface area contributed by atoms with E-state index in [2.05, 4.69) is 131 Å². The van der Waals surface area contributed by atoms with E-state index < -0.39 is 0 Å². The van der Waals surface area contributed by atoms with Crippen LogP contribution in [0.1, 0.15) is 29.5 Å². The highest BCUT2D eigenvalue weighted by atomic mass is 32.1. The van der Waals surface area contributed by atoms with E-state index in [1.165, 1.54) is 59.1 Å². The Bertz CT molecular complexity index is 2150. The number of aromatic nitrogens is 1. The molecule has 4 heteroatoms. The van der Waals surface area contributed by atoms with E-state index in [9.17, 15) is 0 Å². The zero-order chi connectivity index (χ0) is 26.9. The maximum atomic E-state index is 6.42. The first kappa shape index (κ1) is 23.0. The Morgan fingerprint density at radius 3 is 2.49 bits per heavy atom. The van der Waals surface area contributed by atoms with Crippen molar-refractivity contribution in [2.45, 2.75) is 19.1 Å². The largest absolute Gasteiger partial charge is 0.464 e. The fraction of sp³-hybridized carbons (Fsp3) is 0.0811. The number of hydrogen-bond donors (Lipinski definition) is 1. The fourth-order valence-electron chi connectivity index (χ4n) is 6.60. The van der Waals surface area contributed by atoms with Gasteiger partial charge in [0.2, 0.25) is 0 Å². The summed E-state index contributed by atoms with van der Waals surface area (Å²) >= 11 is 1.83. The summed E-state index contributed by atoms with van der Waals surface area (Å²) in [5.41, 5.74) is 9.87. The maximum absolute atomic E-state index is 6.42. The molecule has 3 heterocycles. The van der Waals surface area contributed by atoms with Crippen LogP contribution in [0, 0.1) is 0 Å². The van der Waals surface area contributed by atoms with Crippen LogP contribution in [-0.4, -0.2) is 4.57 Å². The maximum Gasteiger partial charge on any atom is 0.196 e. The van der Waals surface area contributed by atoms with Gasteiger partial charge >= 0.3 is 0 Å². The van der Waals surface area contributed by atoms with Crippen molar-refractivity contribution in [2.75, 3.05) is 5.32 Å². The minimum absolute atomic E-state index is 0.209. The van der Waals surface area contributed by atoms with Crippen LogP contribution in [0.5, 0.6) is 5.75 Å². The highest BCUT2D eigenvalue weighted by molar-refractivity contribution is 7.26. The minimum atomic E-state index is -0.209. The van der Waals surface area contributed by atoms with Gasteiger partial charge in [-0.15, -0.1) is 11.3 Å². The summed E-state index contributed by atoms with van der Waals surface area (Å²) in [5, 5.41) is 7.54. The molecular weight excluding hydrogens is 520 g/mol. The summed E-state index contributed by atoms with van der Waals surface area (Å²) in [4.78, 5) is 0. The van der Waals surface area contributed by atoms with Crippen molar-refractivity contribution in [1.29, 1.82) is 0 Å². The molecule has 0 amide bonds. The van der Waals surface area contributed by atoms with Crippen molar-refractivity contribution in [3.05, 3.63) is 132 Å². The zero-order valence-corrected chi connectivity index (χ0v) is 23.1. The molecule has 0 fully saturated rings. The molecule has 1 unspecified atom stereocenters. The lowest BCUT2D eigenvalue weighted by Crippen LogP contribution is -2.09. The van der Waals surface area contributed by atoms with Gasteiger partial charge < -0.3 is 14.6 Å². The molecule has 41 heavy (non-hydrogen) atoms. The number of rotatable bonds is 3. The van der Waals surface area contributed by atoms with E-state index in [0.29, 0.717) is 0 Å². The molecule has 2 aromatic heterocycles. The highest BCUT2D eigenvalue weighted by Gasteiger charge is 2.27. The molecule has 0 bridgehead atoms. The summed E-state index contributed by atoms with van der Waals surface area (Å²) in [5.74, 6) is 0.917. The summed E-state index contributed by atoms with van der Waals surface area (Å²) in [6, 6.07) is 39.4. The number of para-hydroxylation sites is 1. The fourth-order valence-corrected chi connectivity index (χ4v) is 7.71. The number of nitrogens with zero attached hydrogens (tertiary/aromatic N) is 1. The van der Waals surface area contributed by atoms with Crippen LogP contribution in [0.3, 0.4) is 0 Å². The number of allylic oxidation sites excluding steroid dienone is 1. The number of ether oxygens (including phenoxy) is 1. The first-order valence-corrected chi connectivity index (χ1v) is 15.0. The van der Waals surface area contributed by atoms with Crippen LogP contribution in [0.25, 0.3) is 54.0 Å². The summed E-state index contributed by atoms with van der Waals surface area (Å²) in [7, 11) is 0. The van der Waals surface area contributed by atoms with Gasteiger partial charge in [0.05, 0.1) is 11.2 Å². The smallest absolute Gasteiger partial charge is 0.196 e. The van der Waals surface area contributed by atoms with Gasteiger partial charge in [0.25, 0.3) is 0 Å². The molecule has 0 saturated heterocycles. The third-order valence-electron chi connectivity index (χ3n) is 8.53. The number of fused-ring (bicyclic) bond motifs is 8. The van der Waals surface area contributed by atoms with Gasteiger partial charge in [0.15, 0.2) is 6.23 Å². The van der Waals surface area contributed by atoms with E-state index in [1.807, 2.05) is 11.3 Å². The third kappa shape index (κ3) is 3.51. The van der Waals surface area contributed by atoms with Gasteiger partial charge in [0, 0.05) is 48.1 Å². The molecule has 3 nitrogen and oxygen atoms in total. The predicted octanol–water partition coefficient (Wildman–Crippen LogP) is 10.1. The summed E-state index contributed by atoms with van der Waals surface area (Å²) in [6.07, 6.45) is 6.53. The molecule has 0 saturated carbocycles. The van der Waals surface area contributed by atoms with Gasteiger partial charge in [0.1, 0.15) is 5.75 Å². The van der Waals surface area contributed by atoms with Crippen LogP contribution in [0.15, 0.2) is 115 Å². The zero-order valence-electron chi connectivity index (χ0n) is 22.3. The predicted molar refractivity (Wildman–Crippen MR) is 172 cm³/mol. The number of thiophene rings is 1. The first-order chi connectivity index (χ1) is 20.3. The molecular formula is C37H26N2OS. The van der Waals surface area contributed by atoms with E-state index >= 15 is 0 Å². The lowest BCUT2D eigenvalue weighted by Gasteiger charge is -2.14. The Hall–Kier alpha value is -4.80. The van der Waals surface area contributed by atoms with Crippen molar-refractivity contribution < 1.29 is 4.74 Å². The lowest BCUT2D eigenvalue weighted by atomic mass is 9.99. The average Bonchev–Trinajstić information content (AvgIpc) is 3.72. The minimum Gasteiger partial charge on any atom is -0.464 e. The Morgan fingerprint density at radius 1 is 0.756 bits per heavy atom. The molecule has 9 rings (SSSR count). The van der Waals surface area contributed by atoms with Crippen molar-refractivity contribution in [2.24, 2.45) is 0 Å². The molecule has 196 valence electrons. The molecule has 1 aliphatic carbocycles. The Balaban J connectivity index is 1.08. The highest BCUT2D eigenvalue weighted by Crippen LogP contribution is 2.48. The molecule has 1 atom stereocenters. The van der Waals surface area contributed by atoms with E-state index in [1.54, 1.807) is 0 Å². The normalized spacial score (nSPS) is 15.7. The Kier molecular flexibility index (Phi) is 4.96. The topological polar surface area (TPSA) is 26.2 Å². The quantitative estimate of drug-likeness (QED) is 0.239. The second-order valence-corrected chi connectivity index (χ2v) is 12.0. The Labute approximate surface area is 241 Å². The van der Waals surface area contributed by atoms with Crippen LogP contribution in [-0.2, 0) is 6.42 Å². The van der Waals surface area contributed by atoms with Gasteiger partial charge in [-0.2, -0.15) is 0 Å². The van der Waals surface area contributed by atoms with Crippen molar-refractivity contribution in [1.82, 2.24) is 4.57 Å². The molecule has 1 aliphatic heterocycles. The van der Waals surface area contributed by atoms with Gasteiger partial charge in [-0.1, -0.05) is 84.9 Å². The molecule has 1 N–H and O–H groups in total. The van der Waals surface area contributed by atoms with Crippen LogP contribution < -0.4 is 10.1 Å². The third-order valence-corrected chi connectivity index (χ3v) is 9.66. The van der Waals surface area contributed by atoms with Crippen LogP contribution in [0.2, 0.25) is 0 Å². The van der Waals surface area contributed by atoms with E-state index in [0.717, 1.165) is 29.8 Å². The van der Waals surface area contributed by atoms with E-state index in [4.69, 9.17) is 4.74 Å². The second kappa shape index (κ2) is 8.85. The molecule has 5 aromatic carbocycles. The Morgan fingerprint density at radius 2 is 1.59 bits per heavy atom. The molecule has 7 aromatic rings. The average molecular weight is 547 g/mol. The van der Waals surface area contributed by atoms with Gasteiger partial charge in [-0.3, -0.25) is 0 Å². The molecule has 0 radical (unpaired) electrons. The second-order valence-electron chi connectivity index (χ2n) is 10.9. The van der Waals surface area contributed by atoms with Crippen LogP contribution in [0.4, 0.5) is 5.69 Å². The number of benzene rings is 5. The van der Waals surface area contributed by atoms with Crippen LogP contribution >= 0.6 is 11.3 Å². The summed E-state index contributed by atoms with van der Waals surface area (Å²) in [6.45, 7) is 0. The van der Waals surface area contributed by atoms with Gasteiger partial charge in [-0.05, 0) is 60.4 Å². The number of nitrogens with one attached hydrogen (secondary N) is 1. The lowest BCUT2D eigenvalue weighted by molar-refractivity contribution is 0.260. The van der Waals surface area contributed by atoms with Crippen molar-refractivity contribution in [3.8, 4) is 22.6 Å². The van der Waals surface area contributed by atoms with Gasteiger partial charge in [-0.25, -0.2) is 0 Å². The monoisotopic (exact) mass is 546 g/mol. The number of anilines is 1. The van der Waals surface area contributed by atoms with Crippen molar-refractivity contribution >= 4 is 54.2 Å². The first-order valence-electron chi connectivity index (χ1n) is 14.2. The SMILES string of the molecule is C1=Cc2c(n(-c3ccccc3)c3cc(-c4ccc(C5Nc6c(ccc7sc8ccccc8c67)O5)cc4)ccc23)CC1. The molecule has 0 spiro atoms. The number of hydrogen-bond acceptors (Lipinski definition) is 3. The van der Waals surface area contributed by atoms with E-state index in [-0.39, 0.29) is 6.23 Å². The standard InChI is InChI=1S/C37H26N2OS/c1-2-8-26(9-3-1)39-30-12-6-4-10-27(30)28-19-18-25(22-31(28)39)23-14-16-24(17-15-23)37-38-36-32(40-37)20-21-34-35(36)29-11-5-7-13-33(29)41-34/h1-5,7-11,13-22,37-38H,6,12H2. The van der Waals surface area contributed by atoms with Crippen molar-refractivity contribution in [3.63, 3.8) is 0 Å². The molecule has 2 aliphatic rings.